The molecule has 6 heteroatoms. The Balaban J connectivity index is 2.09. The van der Waals surface area contributed by atoms with Crippen molar-refractivity contribution in [2.45, 2.75) is 20.3 Å². The number of anilines is 1. The van der Waals surface area contributed by atoms with Gasteiger partial charge in [0, 0.05) is 17.8 Å². The highest BCUT2D eigenvalue weighted by atomic mass is 16.4. The molecule has 1 aromatic carbocycles. The van der Waals surface area contributed by atoms with Crippen molar-refractivity contribution in [1.82, 2.24) is 5.32 Å². The van der Waals surface area contributed by atoms with Gasteiger partial charge in [0.2, 0.25) is 5.91 Å². The third kappa shape index (κ3) is 3.39. The molecule has 6 nitrogen and oxygen atoms in total. The van der Waals surface area contributed by atoms with Gasteiger partial charge in [0.25, 0.3) is 5.91 Å². The van der Waals surface area contributed by atoms with Gasteiger partial charge in [-0.3, -0.25) is 14.4 Å². The monoisotopic (exact) mass is 290 g/mol. The second kappa shape index (κ2) is 5.95. The van der Waals surface area contributed by atoms with Gasteiger partial charge in [-0.05, 0) is 38.0 Å². The van der Waals surface area contributed by atoms with E-state index in [9.17, 15) is 14.4 Å². The molecule has 2 amide bonds. The number of aliphatic carboxylic acids is 1. The van der Waals surface area contributed by atoms with Gasteiger partial charge in [-0.2, -0.15) is 0 Å². The van der Waals surface area contributed by atoms with Crippen molar-refractivity contribution in [1.29, 1.82) is 0 Å². The lowest BCUT2D eigenvalue weighted by Crippen LogP contribution is -2.23. The van der Waals surface area contributed by atoms with Crippen LogP contribution in [0.5, 0.6) is 0 Å². The molecule has 112 valence electrons. The summed E-state index contributed by atoms with van der Waals surface area (Å²) >= 11 is 0. The number of carboxylic acids is 1. The Morgan fingerprint density at radius 1 is 1.29 bits per heavy atom. The predicted octanol–water partition coefficient (Wildman–Crippen LogP) is 1.40. The highest BCUT2D eigenvalue weighted by Gasteiger charge is 2.48. The van der Waals surface area contributed by atoms with Crippen LogP contribution in [0.2, 0.25) is 0 Å². The zero-order chi connectivity index (χ0) is 15.6. The average molecular weight is 290 g/mol. The van der Waals surface area contributed by atoms with E-state index in [0.29, 0.717) is 24.2 Å². The molecule has 1 saturated carbocycles. The zero-order valence-corrected chi connectivity index (χ0v) is 12.0. The fraction of sp³-hybridized carbons (Fsp3) is 0.400. The molecule has 0 spiro atoms. The van der Waals surface area contributed by atoms with E-state index in [-0.39, 0.29) is 11.8 Å². The first kappa shape index (κ1) is 15.0. The van der Waals surface area contributed by atoms with Gasteiger partial charge >= 0.3 is 5.97 Å². The molecule has 0 radical (unpaired) electrons. The zero-order valence-electron chi connectivity index (χ0n) is 12.0. The molecule has 1 aliphatic carbocycles. The SMILES string of the molecule is CCNC(=O)c1ccc(C)c(NC(=O)C2CC2C(=O)O)c1. The van der Waals surface area contributed by atoms with Crippen LogP contribution < -0.4 is 10.6 Å². The van der Waals surface area contributed by atoms with E-state index in [0.717, 1.165) is 5.56 Å². The van der Waals surface area contributed by atoms with Crippen LogP contribution in [0.3, 0.4) is 0 Å². The number of hydrogen-bond acceptors (Lipinski definition) is 3. The summed E-state index contributed by atoms with van der Waals surface area (Å²) in [6.07, 6.45) is 0.371. The van der Waals surface area contributed by atoms with Crippen molar-refractivity contribution >= 4 is 23.5 Å². The second-order valence-electron chi connectivity index (χ2n) is 5.17. The molecule has 1 fully saturated rings. The van der Waals surface area contributed by atoms with Crippen LogP contribution in [0.15, 0.2) is 18.2 Å². The lowest BCUT2D eigenvalue weighted by molar-refractivity contribution is -0.139. The van der Waals surface area contributed by atoms with Crippen LogP contribution in [0, 0.1) is 18.8 Å². The molecule has 2 unspecified atom stereocenters. The first-order valence-electron chi connectivity index (χ1n) is 6.86. The lowest BCUT2D eigenvalue weighted by atomic mass is 10.1. The number of nitrogens with one attached hydrogen (secondary N) is 2. The van der Waals surface area contributed by atoms with Gasteiger partial charge in [0.1, 0.15) is 0 Å². The smallest absolute Gasteiger partial charge is 0.307 e. The number of rotatable bonds is 5. The van der Waals surface area contributed by atoms with Gasteiger partial charge < -0.3 is 15.7 Å². The normalized spacial score (nSPS) is 19.7. The molecule has 0 saturated heterocycles. The third-order valence-corrected chi connectivity index (χ3v) is 3.54. The highest BCUT2D eigenvalue weighted by molar-refractivity contribution is 6.00. The van der Waals surface area contributed by atoms with Crippen molar-refractivity contribution in [3.8, 4) is 0 Å². The van der Waals surface area contributed by atoms with Gasteiger partial charge in [0.05, 0.1) is 11.8 Å². The number of amides is 2. The number of hydrogen-bond donors (Lipinski definition) is 3. The number of benzene rings is 1. The second-order valence-corrected chi connectivity index (χ2v) is 5.17. The lowest BCUT2D eigenvalue weighted by Gasteiger charge is -2.10. The molecule has 3 N–H and O–H groups in total. The maximum absolute atomic E-state index is 12.0. The summed E-state index contributed by atoms with van der Waals surface area (Å²) in [5, 5.41) is 14.2. The van der Waals surface area contributed by atoms with E-state index < -0.39 is 17.8 Å². The standard InChI is InChI=1S/C15H18N2O4/c1-3-16-13(18)9-5-4-8(2)12(6-9)17-14(19)10-7-11(10)15(20)21/h4-6,10-11H,3,7H2,1-2H3,(H,16,18)(H,17,19)(H,20,21). The number of carboxylic acid groups (broad SMARTS) is 1. The topological polar surface area (TPSA) is 95.5 Å². The van der Waals surface area contributed by atoms with E-state index in [2.05, 4.69) is 10.6 Å². The van der Waals surface area contributed by atoms with Crippen molar-refractivity contribution < 1.29 is 19.5 Å². The molecular formula is C15H18N2O4. The van der Waals surface area contributed by atoms with Gasteiger partial charge in [0.15, 0.2) is 0 Å². The molecule has 0 bridgehead atoms. The fourth-order valence-corrected chi connectivity index (χ4v) is 2.14. The van der Waals surface area contributed by atoms with Crippen LogP contribution in [0.4, 0.5) is 5.69 Å². The highest BCUT2D eigenvalue weighted by Crippen LogP contribution is 2.39. The molecule has 2 atom stereocenters. The largest absolute Gasteiger partial charge is 0.481 e. The summed E-state index contributed by atoms with van der Waals surface area (Å²) in [6, 6.07) is 5.05. The minimum Gasteiger partial charge on any atom is -0.481 e. The Morgan fingerprint density at radius 3 is 2.57 bits per heavy atom. The summed E-state index contributed by atoms with van der Waals surface area (Å²) in [4.78, 5) is 34.5. The van der Waals surface area contributed by atoms with E-state index in [1.54, 1.807) is 18.2 Å². The molecule has 1 aliphatic rings. The summed E-state index contributed by atoms with van der Waals surface area (Å²) in [5.41, 5.74) is 1.83. The van der Waals surface area contributed by atoms with Crippen LogP contribution in [0.1, 0.15) is 29.3 Å². The molecule has 1 aromatic rings. The van der Waals surface area contributed by atoms with E-state index >= 15 is 0 Å². The molecule has 0 aromatic heterocycles. The van der Waals surface area contributed by atoms with Crippen molar-refractivity contribution in [3.63, 3.8) is 0 Å². The van der Waals surface area contributed by atoms with Crippen LogP contribution in [-0.2, 0) is 9.59 Å². The number of carbonyl (C=O) groups excluding carboxylic acids is 2. The van der Waals surface area contributed by atoms with E-state index in [4.69, 9.17) is 5.11 Å². The minimum absolute atomic E-state index is 0.206. The Labute approximate surface area is 122 Å². The summed E-state index contributed by atoms with van der Waals surface area (Å²) in [6.45, 7) is 4.17. The number of aryl methyl sites for hydroxylation is 1. The first-order valence-corrected chi connectivity index (χ1v) is 6.86. The minimum atomic E-state index is -0.942. The van der Waals surface area contributed by atoms with E-state index in [1.165, 1.54) is 0 Å². The fourth-order valence-electron chi connectivity index (χ4n) is 2.14. The predicted molar refractivity (Wildman–Crippen MR) is 77.0 cm³/mol. The Kier molecular flexibility index (Phi) is 4.26. The van der Waals surface area contributed by atoms with Crippen molar-refractivity contribution in [2.24, 2.45) is 11.8 Å². The summed E-state index contributed by atoms with van der Waals surface area (Å²) < 4.78 is 0. The van der Waals surface area contributed by atoms with Crippen molar-refractivity contribution in [2.75, 3.05) is 11.9 Å². The molecule has 2 rings (SSSR count). The first-order chi connectivity index (χ1) is 9.93. The average Bonchev–Trinajstić information content (AvgIpc) is 3.22. The summed E-state index contributed by atoms with van der Waals surface area (Å²) in [7, 11) is 0. The van der Waals surface area contributed by atoms with Crippen LogP contribution in [0.25, 0.3) is 0 Å². The third-order valence-electron chi connectivity index (χ3n) is 3.54. The van der Waals surface area contributed by atoms with Gasteiger partial charge in [-0.15, -0.1) is 0 Å². The number of carbonyl (C=O) groups is 3. The van der Waals surface area contributed by atoms with E-state index in [1.807, 2.05) is 13.8 Å². The maximum Gasteiger partial charge on any atom is 0.307 e. The van der Waals surface area contributed by atoms with Gasteiger partial charge in [-0.1, -0.05) is 6.07 Å². The Bertz CT molecular complexity index is 597. The molecule has 0 aliphatic heterocycles. The molecule has 21 heavy (non-hydrogen) atoms. The summed E-state index contributed by atoms with van der Waals surface area (Å²) in [5.74, 6) is -2.52. The molecular weight excluding hydrogens is 272 g/mol. The Hall–Kier alpha value is -2.37. The Morgan fingerprint density at radius 2 is 2.00 bits per heavy atom. The molecule has 0 heterocycles. The quantitative estimate of drug-likeness (QED) is 0.764. The van der Waals surface area contributed by atoms with Crippen LogP contribution >= 0.6 is 0 Å². The van der Waals surface area contributed by atoms with Gasteiger partial charge in [-0.25, -0.2) is 0 Å². The van der Waals surface area contributed by atoms with Crippen molar-refractivity contribution in [3.05, 3.63) is 29.3 Å². The van der Waals surface area contributed by atoms with Crippen LogP contribution in [-0.4, -0.2) is 29.4 Å². The maximum atomic E-state index is 12.0.